The van der Waals surface area contributed by atoms with Gasteiger partial charge in [0, 0.05) is 6.04 Å². The second kappa shape index (κ2) is 6.76. The van der Waals surface area contributed by atoms with Crippen molar-refractivity contribution in [2.24, 2.45) is 17.8 Å². The van der Waals surface area contributed by atoms with E-state index in [-0.39, 0.29) is 0 Å². The van der Waals surface area contributed by atoms with E-state index in [1.165, 1.54) is 42.4 Å². The molecule has 0 aromatic heterocycles. The minimum Gasteiger partial charge on any atom is -0.313 e. The summed E-state index contributed by atoms with van der Waals surface area (Å²) in [5, 5.41) is 3.59. The molecule has 1 unspecified atom stereocenters. The van der Waals surface area contributed by atoms with Crippen molar-refractivity contribution in [2.75, 3.05) is 7.05 Å². The first kappa shape index (κ1) is 15.6. The number of rotatable bonds is 4. The van der Waals surface area contributed by atoms with Crippen molar-refractivity contribution < 1.29 is 0 Å². The van der Waals surface area contributed by atoms with Crippen LogP contribution in [0, 0.1) is 31.6 Å². The van der Waals surface area contributed by atoms with E-state index in [9.17, 15) is 0 Å². The molecule has 0 spiro atoms. The SMILES string of the molecule is CNC(c1ccc(C)cc1C)C1CCC(C(C)C)CC1. The highest BCUT2D eigenvalue weighted by atomic mass is 14.9. The topological polar surface area (TPSA) is 12.0 Å². The van der Waals surface area contributed by atoms with Crippen molar-refractivity contribution in [3.8, 4) is 0 Å². The van der Waals surface area contributed by atoms with Crippen LogP contribution in [0.25, 0.3) is 0 Å². The monoisotopic (exact) mass is 273 g/mol. The lowest BCUT2D eigenvalue weighted by molar-refractivity contribution is 0.192. The number of benzene rings is 1. The van der Waals surface area contributed by atoms with Crippen LogP contribution in [0.2, 0.25) is 0 Å². The van der Waals surface area contributed by atoms with Crippen molar-refractivity contribution in [1.82, 2.24) is 5.32 Å². The zero-order valence-electron chi connectivity index (χ0n) is 13.9. The summed E-state index contributed by atoms with van der Waals surface area (Å²) in [6.07, 6.45) is 5.57. The fourth-order valence-corrected chi connectivity index (χ4v) is 3.96. The lowest BCUT2D eigenvalue weighted by atomic mass is 9.73. The maximum Gasteiger partial charge on any atom is 0.0348 e. The Kier molecular flexibility index (Phi) is 5.26. The Morgan fingerprint density at radius 2 is 1.60 bits per heavy atom. The predicted molar refractivity (Wildman–Crippen MR) is 88.0 cm³/mol. The lowest BCUT2D eigenvalue weighted by Crippen LogP contribution is -2.30. The minimum absolute atomic E-state index is 0.531. The molecule has 1 fully saturated rings. The Morgan fingerprint density at radius 3 is 2.10 bits per heavy atom. The summed E-state index contributed by atoms with van der Waals surface area (Å²) in [6.45, 7) is 9.20. The van der Waals surface area contributed by atoms with Gasteiger partial charge in [-0.15, -0.1) is 0 Å². The molecule has 0 saturated heterocycles. The van der Waals surface area contributed by atoms with Crippen molar-refractivity contribution in [3.63, 3.8) is 0 Å². The summed E-state index contributed by atoms with van der Waals surface area (Å²) in [6, 6.07) is 7.44. The van der Waals surface area contributed by atoms with Gasteiger partial charge in [0.1, 0.15) is 0 Å². The molecule has 2 rings (SSSR count). The molecule has 1 N–H and O–H groups in total. The molecule has 1 aromatic carbocycles. The Morgan fingerprint density at radius 1 is 1.00 bits per heavy atom. The van der Waals surface area contributed by atoms with Gasteiger partial charge in [-0.2, -0.15) is 0 Å². The molecule has 112 valence electrons. The minimum atomic E-state index is 0.531. The molecule has 1 atom stereocenters. The van der Waals surface area contributed by atoms with Crippen molar-refractivity contribution >= 4 is 0 Å². The zero-order chi connectivity index (χ0) is 14.7. The summed E-state index contributed by atoms with van der Waals surface area (Å²) < 4.78 is 0. The van der Waals surface area contributed by atoms with Gasteiger partial charge in [0.15, 0.2) is 0 Å². The van der Waals surface area contributed by atoms with Gasteiger partial charge in [-0.3, -0.25) is 0 Å². The average Bonchev–Trinajstić information content (AvgIpc) is 2.42. The highest BCUT2D eigenvalue weighted by Gasteiger charge is 2.29. The van der Waals surface area contributed by atoms with E-state index in [0.717, 1.165) is 17.8 Å². The molecule has 0 aliphatic heterocycles. The second-order valence-electron chi connectivity index (χ2n) is 7.05. The van der Waals surface area contributed by atoms with Crippen LogP contribution in [0.4, 0.5) is 0 Å². The first-order chi connectivity index (χ1) is 9.52. The molecule has 1 saturated carbocycles. The second-order valence-corrected chi connectivity index (χ2v) is 7.05. The van der Waals surface area contributed by atoms with Crippen LogP contribution < -0.4 is 5.32 Å². The maximum absolute atomic E-state index is 3.59. The normalized spacial score (nSPS) is 24.9. The van der Waals surface area contributed by atoms with Crippen molar-refractivity contribution in [1.29, 1.82) is 0 Å². The first-order valence-corrected chi connectivity index (χ1v) is 8.27. The molecule has 1 aliphatic rings. The Labute approximate surface area is 125 Å². The molecule has 1 nitrogen and oxygen atoms in total. The molecular formula is C19H31N. The predicted octanol–water partition coefficient (Wildman–Crippen LogP) is 5.03. The van der Waals surface area contributed by atoms with E-state index in [1.807, 2.05) is 0 Å². The fraction of sp³-hybridized carbons (Fsp3) is 0.684. The smallest absolute Gasteiger partial charge is 0.0348 e. The molecule has 1 heteroatoms. The van der Waals surface area contributed by atoms with Gasteiger partial charge in [0.2, 0.25) is 0 Å². The molecule has 1 aliphatic carbocycles. The summed E-state index contributed by atoms with van der Waals surface area (Å²) in [7, 11) is 2.12. The van der Waals surface area contributed by atoms with E-state index in [2.05, 4.69) is 58.3 Å². The largest absolute Gasteiger partial charge is 0.313 e. The van der Waals surface area contributed by atoms with Crippen LogP contribution in [-0.2, 0) is 0 Å². The maximum atomic E-state index is 3.59. The van der Waals surface area contributed by atoms with E-state index >= 15 is 0 Å². The van der Waals surface area contributed by atoms with Crippen LogP contribution in [0.5, 0.6) is 0 Å². The summed E-state index contributed by atoms with van der Waals surface area (Å²) in [5.41, 5.74) is 4.31. The van der Waals surface area contributed by atoms with Gasteiger partial charge in [0.25, 0.3) is 0 Å². The molecule has 0 bridgehead atoms. The summed E-state index contributed by atoms with van der Waals surface area (Å²) >= 11 is 0. The third-order valence-corrected chi connectivity index (χ3v) is 5.30. The Bertz CT molecular complexity index is 427. The summed E-state index contributed by atoms with van der Waals surface area (Å²) in [4.78, 5) is 0. The quantitative estimate of drug-likeness (QED) is 0.811. The van der Waals surface area contributed by atoms with Gasteiger partial charge in [-0.05, 0) is 75.5 Å². The molecule has 1 aromatic rings. The van der Waals surface area contributed by atoms with Gasteiger partial charge in [0.05, 0.1) is 0 Å². The molecule has 0 amide bonds. The van der Waals surface area contributed by atoms with E-state index in [1.54, 1.807) is 0 Å². The first-order valence-electron chi connectivity index (χ1n) is 8.27. The lowest BCUT2D eigenvalue weighted by Gasteiger charge is -2.36. The van der Waals surface area contributed by atoms with Crippen LogP contribution in [0.1, 0.15) is 62.3 Å². The van der Waals surface area contributed by atoms with Crippen molar-refractivity contribution in [2.45, 2.75) is 59.4 Å². The van der Waals surface area contributed by atoms with Gasteiger partial charge in [-0.25, -0.2) is 0 Å². The van der Waals surface area contributed by atoms with Crippen molar-refractivity contribution in [3.05, 3.63) is 34.9 Å². The third-order valence-electron chi connectivity index (χ3n) is 5.30. The van der Waals surface area contributed by atoms with Gasteiger partial charge in [-0.1, -0.05) is 37.6 Å². The molecule has 0 radical (unpaired) electrons. The third kappa shape index (κ3) is 3.44. The molecular weight excluding hydrogens is 242 g/mol. The van der Waals surface area contributed by atoms with Gasteiger partial charge < -0.3 is 5.32 Å². The van der Waals surface area contributed by atoms with E-state index in [4.69, 9.17) is 0 Å². The standard InChI is InChI=1S/C19H31N/c1-13(2)16-7-9-17(10-8-16)19(20-5)18-11-6-14(3)12-15(18)4/h6,11-13,16-17,19-20H,7-10H2,1-5H3. The number of hydrogen-bond donors (Lipinski definition) is 1. The number of nitrogens with one attached hydrogen (secondary N) is 1. The highest BCUT2D eigenvalue weighted by Crippen LogP contribution is 2.39. The number of hydrogen-bond acceptors (Lipinski definition) is 1. The zero-order valence-corrected chi connectivity index (χ0v) is 13.9. The van der Waals surface area contributed by atoms with E-state index in [0.29, 0.717) is 6.04 Å². The molecule has 0 heterocycles. The highest BCUT2D eigenvalue weighted by molar-refractivity contribution is 5.33. The van der Waals surface area contributed by atoms with Crippen LogP contribution >= 0.6 is 0 Å². The van der Waals surface area contributed by atoms with Gasteiger partial charge >= 0.3 is 0 Å². The fourth-order valence-electron chi connectivity index (χ4n) is 3.96. The van der Waals surface area contributed by atoms with E-state index < -0.39 is 0 Å². The Hall–Kier alpha value is -0.820. The van der Waals surface area contributed by atoms with Crippen LogP contribution in [0.3, 0.4) is 0 Å². The van der Waals surface area contributed by atoms with Crippen LogP contribution in [-0.4, -0.2) is 7.05 Å². The summed E-state index contributed by atoms with van der Waals surface area (Å²) in [5.74, 6) is 2.60. The number of aryl methyl sites for hydroxylation is 2. The van der Waals surface area contributed by atoms with Crippen LogP contribution in [0.15, 0.2) is 18.2 Å². The average molecular weight is 273 g/mol. The Balaban J connectivity index is 2.09. The molecule has 20 heavy (non-hydrogen) atoms.